The van der Waals surface area contributed by atoms with Gasteiger partial charge in [0.05, 0.1) is 0 Å². The van der Waals surface area contributed by atoms with Gasteiger partial charge >= 0.3 is 0 Å². The number of hydrogen-bond acceptors (Lipinski definition) is 4. The number of hydrogen-bond donors (Lipinski definition) is 2. The van der Waals surface area contributed by atoms with E-state index in [0.717, 1.165) is 5.56 Å². The van der Waals surface area contributed by atoms with Gasteiger partial charge in [0.15, 0.2) is 0 Å². The molecule has 0 saturated carbocycles. The second-order valence-electron chi connectivity index (χ2n) is 5.23. The lowest BCUT2D eigenvalue weighted by Crippen LogP contribution is -2.24. The smallest absolute Gasteiger partial charge is 0.270 e. The number of halogens is 2. The predicted molar refractivity (Wildman–Crippen MR) is 89.3 cm³/mol. The van der Waals surface area contributed by atoms with Crippen LogP contribution >= 0.6 is 0 Å². The van der Waals surface area contributed by atoms with Crippen molar-refractivity contribution in [3.05, 3.63) is 83.8 Å². The maximum Gasteiger partial charge on any atom is 0.270 e. The van der Waals surface area contributed by atoms with E-state index in [2.05, 4.69) is 20.6 Å². The molecule has 2 aromatic carbocycles. The van der Waals surface area contributed by atoms with E-state index in [1.54, 1.807) is 24.3 Å². The summed E-state index contributed by atoms with van der Waals surface area (Å²) in [7, 11) is 0. The summed E-state index contributed by atoms with van der Waals surface area (Å²) in [4.78, 5) is 20.1. The third-order valence-electron chi connectivity index (χ3n) is 3.36. The highest BCUT2D eigenvalue weighted by Gasteiger charge is 2.09. The largest absolute Gasteiger partial charge is 0.347 e. The molecule has 1 aromatic heterocycles. The molecule has 2 N–H and O–H groups in total. The molecule has 0 spiro atoms. The fourth-order valence-corrected chi connectivity index (χ4v) is 2.14. The molecule has 5 nitrogen and oxygen atoms in total. The molecule has 7 heteroatoms. The number of rotatable bonds is 5. The molecule has 0 aliphatic heterocycles. The Morgan fingerprint density at radius 1 is 0.960 bits per heavy atom. The second-order valence-corrected chi connectivity index (χ2v) is 5.23. The summed E-state index contributed by atoms with van der Waals surface area (Å²) in [6.07, 6.45) is 1.24. The van der Waals surface area contributed by atoms with Crippen molar-refractivity contribution >= 4 is 17.4 Å². The summed E-state index contributed by atoms with van der Waals surface area (Å²) in [5.41, 5.74) is 1.44. The molecule has 3 rings (SSSR count). The van der Waals surface area contributed by atoms with Gasteiger partial charge in [-0.15, -0.1) is 0 Å². The van der Waals surface area contributed by atoms with Crippen LogP contribution in [0.2, 0.25) is 0 Å². The summed E-state index contributed by atoms with van der Waals surface area (Å²) < 4.78 is 26.1. The molecule has 0 bridgehead atoms. The van der Waals surface area contributed by atoms with Crippen molar-refractivity contribution in [1.82, 2.24) is 15.3 Å². The van der Waals surface area contributed by atoms with Crippen LogP contribution in [0.25, 0.3) is 0 Å². The summed E-state index contributed by atoms with van der Waals surface area (Å²) in [5, 5.41) is 5.60. The van der Waals surface area contributed by atoms with Crippen molar-refractivity contribution in [1.29, 1.82) is 0 Å². The number of carbonyl (C=O) groups is 1. The standard InChI is InChI=1S/C18H14F2N4O/c19-13-6-4-12(5-7-13)10-21-18(25)16-9-17(23-11-22-16)24-15-3-1-2-14(20)8-15/h1-9,11H,10H2,(H,21,25)(H,22,23,24). The minimum absolute atomic E-state index is 0.163. The Morgan fingerprint density at radius 2 is 1.76 bits per heavy atom. The van der Waals surface area contributed by atoms with E-state index in [-0.39, 0.29) is 23.9 Å². The Kier molecular flexibility index (Phi) is 4.94. The second kappa shape index (κ2) is 7.48. The molecular weight excluding hydrogens is 326 g/mol. The van der Waals surface area contributed by atoms with Gasteiger partial charge in [0.25, 0.3) is 5.91 Å². The van der Waals surface area contributed by atoms with Gasteiger partial charge in [-0.3, -0.25) is 4.79 Å². The van der Waals surface area contributed by atoms with Crippen LogP contribution in [0.5, 0.6) is 0 Å². The molecule has 0 fully saturated rings. The van der Waals surface area contributed by atoms with Gasteiger partial charge in [0.2, 0.25) is 0 Å². The first-order valence-corrected chi connectivity index (χ1v) is 7.47. The number of amides is 1. The maximum absolute atomic E-state index is 13.2. The highest BCUT2D eigenvalue weighted by molar-refractivity contribution is 5.92. The normalized spacial score (nSPS) is 10.3. The highest BCUT2D eigenvalue weighted by atomic mass is 19.1. The van der Waals surface area contributed by atoms with E-state index in [9.17, 15) is 13.6 Å². The first kappa shape index (κ1) is 16.5. The topological polar surface area (TPSA) is 66.9 Å². The summed E-state index contributed by atoms with van der Waals surface area (Å²) >= 11 is 0. The van der Waals surface area contributed by atoms with E-state index >= 15 is 0 Å². The Morgan fingerprint density at radius 3 is 2.52 bits per heavy atom. The average Bonchev–Trinajstić information content (AvgIpc) is 2.61. The fourth-order valence-electron chi connectivity index (χ4n) is 2.14. The molecule has 0 unspecified atom stereocenters. The number of carbonyl (C=O) groups excluding carboxylic acids is 1. The SMILES string of the molecule is O=C(NCc1ccc(F)cc1)c1cc(Nc2cccc(F)c2)ncn1. The number of aromatic nitrogens is 2. The third kappa shape index (κ3) is 4.57. The predicted octanol–water partition coefficient (Wildman–Crippen LogP) is 3.43. The molecular formula is C18H14F2N4O. The molecule has 126 valence electrons. The minimum atomic E-state index is -0.394. The molecule has 0 aliphatic carbocycles. The van der Waals surface area contributed by atoms with Crippen molar-refractivity contribution < 1.29 is 13.6 Å². The summed E-state index contributed by atoms with van der Waals surface area (Å²) in [5.74, 6) is -0.739. The van der Waals surface area contributed by atoms with E-state index < -0.39 is 5.91 Å². The number of benzene rings is 2. The molecule has 25 heavy (non-hydrogen) atoms. The highest BCUT2D eigenvalue weighted by Crippen LogP contribution is 2.15. The monoisotopic (exact) mass is 340 g/mol. The Hall–Kier alpha value is -3.35. The van der Waals surface area contributed by atoms with Crippen molar-refractivity contribution in [2.24, 2.45) is 0 Å². The van der Waals surface area contributed by atoms with Crippen LogP contribution in [-0.4, -0.2) is 15.9 Å². The number of nitrogens with one attached hydrogen (secondary N) is 2. The third-order valence-corrected chi connectivity index (χ3v) is 3.36. The maximum atomic E-state index is 13.2. The Bertz CT molecular complexity index is 884. The van der Waals surface area contributed by atoms with Crippen molar-refractivity contribution in [3.8, 4) is 0 Å². The quantitative estimate of drug-likeness (QED) is 0.747. The van der Waals surface area contributed by atoms with Gasteiger partial charge in [-0.2, -0.15) is 0 Å². The fraction of sp³-hybridized carbons (Fsp3) is 0.0556. The van der Waals surface area contributed by atoms with Crippen LogP contribution in [0.4, 0.5) is 20.3 Å². The molecule has 1 amide bonds. The number of nitrogens with zero attached hydrogens (tertiary/aromatic N) is 2. The van der Waals surface area contributed by atoms with Crippen LogP contribution in [-0.2, 0) is 6.54 Å². The molecule has 3 aromatic rings. The van der Waals surface area contributed by atoms with E-state index in [1.807, 2.05) is 0 Å². The molecule has 0 radical (unpaired) electrons. The van der Waals surface area contributed by atoms with Gasteiger partial charge in [-0.05, 0) is 35.9 Å². The lowest BCUT2D eigenvalue weighted by molar-refractivity contribution is 0.0946. The lowest BCUT2D eigenvalue weighted by atomic mass is 10.2. The first-order chi connectivity index (χ1) is 12.1. The zero-order valence-corrected chi connectivity index (χ0v) is 13.0. The Balaban J connectivity index is 1.65. The molecule has 0 aliphatic rings. The molecule has 0 atom stereocenters. The Labute approximate surface area is 142 Å². The van der Waals surface area contributed by atoms with Gasteiger partial charge in [-0.25, -0.2) is 18.7 Å². The van der Waals surface area contributed by atoms with Crippen molar-refractivity contribution in [3.63, 3.8) is 0 Å². The van der Waals surface area contributed by atoms with Crippen molar-refractivity contribution in [2.45, 2.75) is 6.54 Å². The first-order valence-electron chi connectivity index (χ1n) is 7.47. The van der Waals surface area contributed by atoms with Crippen LogP contribution in [0, 0.1) is 11.6 Å². The molecule has 1 heterocycles. The van der Waals surface area contributed by atoms with E-state index in [1.165, 1.54) is 36.7 Å². The summed E-state index contributed by atoms with van der Waals surface area (Å²) in [6, 6.07) is 13.2. The van der Waals surface area contributed by atoms with E-state index in [4.69, 9.17) is 0 Å². The average molecular weight is 340 g/mol. The van der Waals surface area contributed by atoms with Crippen LogP contribution in [0.15, 0.2) is 60.9 Å². The zero-order valence-electron chi connectivity index (χ0n) is 13.0. The van der Waals surface area contributed by atoms with Gasteiger partial charge in [-0.1, -0.05) is 18.2 Å². The minimum Gasteiger partial charge on any atom is -0.347 e. The van der Waals surface area contributed by atoms with E-state index in [0.29, 0.717) is 11.5 Å². The van der Waals surface area contributed by atoms with Crippen LogP contribution < -0.4 is 10.6 Å². The zero-order chi connectivity index (χ0) is 17.6. The van der Waals surface area contributed by atoms with Crippen LogP contribution in [0.1, 0.15) is 16.1 Å². The van der Waals surface area contributed by atoms with Gasteiger partial charge in [0.1, 0.15) is 29.5 Å². The lowest BCUT2D eigenvalue weighted by Gasteiger charge is -2.08. The number of anilines is 2. The van der Waals surface area contributed by atoms with Gasteiger partial charge in [0, 0.05) is 18.3 Å². The van der Waals surface area contributed by atoms with Gasteiger partial charge < -0.3 is 10.6 Å². The van der Waals surface area contributed by atoms with Crippen LogP contribution in [0.3, 0.4) is 0 Å². The molecule has 0 saturated heterocycles. The summed E-state index contributed by atoms with van der Waals surface area (Å²) in [6.45, 7) is 0.246. The van der Waals surface area contributed by atoms with Crippen molar-refractivity contribution in [2.75, 3.05) is 5.32 Å².